The zero-order valence-corrected chi connectivity index (χ0v) is 15.0. The summed E-state index contributed by atoms with van der Waals surface area (Å²) in [6.45, 7) is 0. The van der Waals surface area contributed by atoms with E-state index in [0.717, 1.165) is 0 Å². The molecular weight excluding hydrogens is 353 g/mol. The minimum atomic E-state index is -3.18. The molecule has 0 radical (unpaired) electrons. The van der Waals surface area contributed by atoms with E-state index in [9.17, 15) is 17.6 Å². The Morgan fingerprint density at radius 3 is 2.75 bits per heavy atom. The lowest BCUT2D eigenvalue weighted by molar-refractivity contribution is -0.125. The zero-order valence-electron chi connectivity index (χ0n) is 13.3. The van der Waals surface area contributed by atoms with Crippen molar-refractivity contribution in [2.24, 2.45) is 4.99 Å². The molecule has 1 amide bonds. The van der Waals surface area contributed by atoms with Gasteiger partial charge in [-0.05, 0) is 12.1 Å². The number of amidine groups is 1. The van der Waals surface area contributed by atoms with Crippen LogP contribution >= 0.6 is 11.8 Å². The maximum atomic E-state index is 14.3. The molecule has 6 nitrogen and oxygen atoms in total. The van der Waals surface area contributed by atoms with Crippen LogP contribution in [0.25, 0.3) is 0 Å². The Morgan fingerprint density at radius 1 is 1.38 bits per heavy atom. The smallest absolute Gasteiger partial charge is 0.232 e. The van der Waals surface area contributed by atoms with Crippen LogP contribution in [0.4, 0.5) is 10.1 Å². The number of hydrogen-bond acceptors (Lipinski definition) is 6. The Balaban J connectivity index is 1.91. The molecule has 0 bridgehead atoms. The topological polar surface area (TPSA) is 70.0 Å². The second-order valence-electron chi connectivity index (χ2n) is 6.02. The fraction of sp³-hybridized carbons (Fsp3) is 0.467. The van der Waals surface area contributed by atoms with Gasteiger partial charge in [0.25, 0.3) is 0 Å². The lowest BCUT2D eigenvalue weighted by Gasteiger charge is -2.26. The number of halogens is 1. The lowest BCUT2D eigenvalue weighted by atomic mass is 10.1. The van der Waals surface area contributed by atoms with Gasteiger partial charge in [-0.1, -0.05) is 23.9 Å². The van der Waals surface area contributed by atoms with Gasteiger partial charge in [-0.2, -0.15) is 0 Å². The van der Waals surface area contributed by atoms with Gasteiger partial charge in [0, 0.05) is 14.1 Å². The van der Waals surface area contributed by atoms with Crippen LogP contribution in [-0.4, -0.2) is 67.8 Å². The molecule has 1 fully saturated rings. The number of benzene rings is 1. The van der Waals surface area contributed by atoms with E-state index in [1.165, 1.54) is 22.7 Å². The highest BCUT2D eigenvalue weighted by Crippen LogP contribution is 2.36. The molecular formula is C15H18FN3O3S2. The molecule has 24 heavy (non-hydrogen) atoms. The van der Waals surface area contributed by atoms with Gasteiger partial charge in [-0.25, -0.2) is 12.8 Å². The summed E-state index contributed by atoms with van der Waals surface area (Å²) in [4.78, 5) is 19.4. The molecule has 0 N–H and O–H groups in total. The molecule has 0 unspecified atom stereocenters. The van der Waals surface area contributed by atoms with E-state index in [1.807, 2.05) is 0 Å². The van der Waals surface area contributed by atoms with E-state index in [4.69, 9.17) is 0 Å². The zero-order chi connectivity index (χ0) is 17.5. The van der Waals surface area contributed by atoms with Gasteiger partial charge < -0.3 is 9.80 Å². The van der Waals surface area contributed by atoms with Crippen molar-refractivity contribution in [1.82, 2.24) is 4.90 Å². The molecule has 0 spiro atoms. The van der Waals surface area contributed by atoms with E-state index >= 15 is 0 Å². The number of sulfone groups is 1. The third-order valence-corrected chi connectivity index (χ3v) is 6.69. The van der Waals surface area contributed by atoms with Crippen molar-refractivity contribution in [1.29, 1.82) is 0 Å². The molecule has 1 saturated heterocycles. The van der Waals surface area contributed by atoms with Crippen LogP contribution in [0.3, 0.4) is 0 Å². The summed E-state index contributed by atoms with van der Waals surface area (Å²) >= 11 is 1.21. The number of nitrogens with zero attached hydrogens (tertiary/aromatic N) is 3. The van der Waals surface area contributed by atoms with Gasteiger partial charge in [0.15, 0.2) is 15.0 Å². The summed E-state index contributed by atoms with van der Waals surface area (Å²) < 4.78 is 38.1. The number of para-hydroxylation sites is 1. The molecule has 2 heterocycles. The van der Waals surface area contributed by atoms with Crippen LogP contribution < -0.4 is 4.90 Å². The summed E-state index contributed by atoms with van der Waals surface area (Å²) in [5.74, 6) is -0.436. The first-order valence-corrected chi connectivity index (χ1v) is 10.2. The Labute approximate surface area is 144 Å². The quantitative estimate of drug-likeness (QED) is 0.793. The summed E-state index contributed by atoms with van der Waals surface area (Å²) in [6, 6.07) is 5.39. The maximum absolute atomic E-state index is 14.3. The molecule has 2 aliphatic heterocycles. The minimum Gasteiger partial charge on any atom is -0.348 e. The minimum absolute atomic E-state index is 0.0334. The fourth-order valence-electron chi connectivity index (χ4n) is 2.82. The highest BCUT2D eigenvalue weighted by molar-refractivity contribution is 8.14. The molecule has 2 atom stereocenters. The van der Waals surface area contributed by atoms with Crippen LogP contribution in [0.5, 0.6) is 0 Å². The molecule has 2 aliphatic rings. The number of thioether (sulfide) groups is 1. The predicted molar refractivity (Wildman–Crippen MR) is 93.7 cm³/mol. The summed E-state index contributed by atoms with van der Waals surface area (Å²) in [5, 5.41) is 0.500. The summed E-state index contributed by atoms with van der Waals surface area (Å²) in [5.41, 5.74) is 0.297. The molecule has 1 aromatic rings. The number of aliphatic imine (C=N–C) groups is 1. The number of amides is 1. The molecule has 0 saturated carbocycles. The Kier molecular flexibility index (Phi) is 4.56. The Bertz CT molecular complexity index is 795. The number of fused-ring (bicyclic) bond motifs is 1. The second-order valence-corrected chi connectivity index (χ2v) is 9.12. The van der Waals surface area contributed by atoms with E-state index in [0.29, 0.717) is 10.9 Å². The van der Waals surface area contributed by atoms with Gasteiger partial charge in [-0.15, -0.1) is 0 Å². The van der Waals surface area contributed by atoms with Crippen LogP contribution in [-0.2, 0) is 14.6 Å². The third kappa shape index (κ3) is 3.27. The van der Waals surface area contributed by atoms with Crippen molar-refractivity contribution in [2.75, 3.05) is 36.3 Å². The first kappa shape index (κ1) is 17.2. The predicted octanol–water partition coefficient (Wildman–Crippen LogP) is 0.989. The average molecular weight is 371 g/mol. The number of carbonyl (C=O) groups is 1. The third-order valence-electron chi connectivity index (χ3n) is 4.04. The number of hydrogen-bond donors (Lipinski definition) is 0. The van der Waals surface area contributed by atoms with Crippen molar-refractivity contribution in [3.8, 4) is 0 Å². The summed E-state index contributed by atoms with van der Waals surface area (Å²) in [7, 11) is 0.141. The van der Waals surface area contributed by atoms with Crippen molar-refractivity contribution >= 4 is 38.4 Å². The first-order chi connectivity index (χ1) is 11.3. The number of carbonyl (C=O) groups excluding carboxylic acids is 1. The monoisotopic (exact) mass is 371 g/mol. The number of anilines is 1. The van der Waals surface area contributed by atoms with Gasteiger partial charge in [-0.3, -0.25) is 9.79 Å². The van der Waals surface area contributed by atoms with E-state index in [-0.39, 0.29) is 23.2 Å². The van der Waals surface area contributed by atoms with Crippen molar-refractivity contribution in [3.63, 3.8) is 0 Å². The standard InChI is InChI=1S/C15H18FN3O3S2/c1-18(2)14(20)7-23-15-17-11-8-24(21,22)9-13(11)19(15)12-6-4-3-5-10(12)16/h3-6,11,13H,7-9H2,1-2H3/t11-,13+/m1/s1. The fourth-order valence-corrected chi connectivity index (χ4v) is 5.76. The maximum Gasteiger partial charge on any atom is 0.232 e. The Morgan fingerprint density at radius 2 is 2.08 bits per heavy atom. The van der Waals surface area contributed by atoms with Crippen LogP contribution in [0.15, 0.2) is 29.3 Å². The molecule has 1 aromatic carbocycles. The highest BCUT2D eigenvalue weighted by atomic mass is 32.2. The van der Waals surface area contributed by atoms with Crippen molar-refractivity contribution in [3.05, 3.63) is 30.1 Å². The average Bonchev–Trinajstić information content (AvgIpc) is 2.96. The van der Waals surface area contributed by atoms with Crippen LogP contribution in [0, 0.1) is 5.82 Å². The number of rotatable bonds is 3. The van der Waals surface area contributed by atoms with E-state index in [1.54, 1.807) is 37.2 Å². The molecule has 3 rings (SSSR count). The van der Waals surface area contributed by atoms with Crippen LogP contribution in [0.2, 0.25) is 0 Å². The van der Waals surface area contributed by atoms with E-state index < -0.39 is 27.7 Å². The second kappa shape index (κ2) is 6.36. The summed E-state index contributed by atoms with van der Waals surface area (Å²) in [6.07, 6.45) is 0. The van der Waals surface area contributed by atoms with Crippen LogP contribution in [0.1, 0.15) is 0 Å². The molecule has 0 aromatic heterocycles. The SMILES string of the molecule is CN(C)C(=O)CSC1=N[C@@H]2CS(=O)(=O)C[C@@H]2N1c1ccccc1F. The highest BCUT2D eigenvalue weighted by Gasteiger charge is 2.47. The first-order valence-electron chi connectivity index (χ1n) is 7.43. The van der Waals surface area contributed by atoms with Gasteiger partial charge >= 0.3 is 0 Å². The largest absolute Gasteiger partial charge is 0.348 e. The van der Waals surface area contributed by atoms with Gasteiger partial charge in [0.1, 0.15) is 5.82 Å². The van der Waals surface area contributed by atoms with Crippen molar-refractivity contribution in [2.45, 2.75) is 12.1 Å². The van der Waals surface area contributed by atoms with Gasteiger partial charge in [0.2, 0.25) is 5.91 Å². The lowest BCUT2D eigenvalue weighted by Crippen LogP contribution is -2.40. The Hall–Kier alpha value is -1.61. The molecule has 9 heteroatoms. The normalized spacial score (nSPS) is 24.6. The van der Waals surface area contributed by atoms with E-state index in [2.05, 4.69) is 4.99 Å². The molecule has 130 valence electrons. The molecule has 0 aliphatic carbocycles. The van der Waals surface area contributed by atoms with Gasteiger partial charge in [0.05, 0.1) is 35.0 Å². The van der Waals surface area contributed by atoms with Crippen molar-refractivity contribution < 1.29 is 17.6 Å².